The van der Waals surface area contributed by atoms with Gasteiger partial charge in [-0.15, -0.1) is 12.4 Å². The van der Waals surface area contributed by atoms with Crippen molar-refractivity contribution in [2.24, 2.45) is 0 Å². The molecular formula is C16H20ClN3O5S. The number of nitrogens with zero attached hydrogens (tertiary/aromatic N) is 1. The number of nitrogen functional groups attached to an aromatic ring is 1. The number of hydrogen-bond donors (Lipinski definition) is 2. The summed E-state index contributed by atoms with van der Waals surface area (Å²) < 4.78 is 35.0. The molecule has 2 aromatic rings. The Morgan fingerprint density at radius 3 is 2.42 bits per heavy atom. The van der Waals surface area contributed by atoms with Crippen LogP contribution in [0.1, 0.15) is 6.42 Å². The standard InChI is InChI=1S/C16H19N3O5S.ClH/c1-23-13-5-4-12(9-14(13)24-2)25(21,22)8-7-16(20)19-11-3-6-15(17)18-10-11;/h3-6,9-10H,7-8H2,1-2H3,(H2,17,18)(H,19,20);1H. The molecule has 0 radical (unpaired) electrons. The summed E-state index contributed by atoms with van der Waals surface area (Å²) in [6.07, 6.45) is 1.21. The minimum absolute atomic E-state index is 0. The Hall–Kier alpha value is -2.52. The van der Waals surface area contributed by atoms with Gasteiger partial charge in [0.1, 0.15) is 5.82 Å². The molecule has 0 spiro atoms. The van der Waals surface area contributed by atoms with Gasteiger partial charge in [-0.25, -0.2) is 13.4 Å². The fourth-order valence-corrected chi connectivity index (χ4v) is 3.31. The predicted octanol–water partition coefficient (Wildman–Crippen LogP) is 1.91. The van der Waals surface area contributed by atoms with E-state index in [0.717, 1.165) is 0 Å². The summed E-state index contributed by atoms with van der Waals surface area (Å²) in [4.78, 5) is 15.8. The molecule has 142 valence electrons. The lowest BCUT2D eigenvalue weighted by Gasteiger charge is -2.10. The summed E-state index contributed by atoms with van der Waals surface area (Å²) in [5.74, 6) is 0.289. The van der Waals surface area contributed by atoms with Gasteiger partial charge in [-0.1, -0.05) is 0 Å². The molecule has 0 bridgehead atoms. The molecule has 1 aromatic carbocycles. The zero-order chi connectivity index (χ0) is 18.4. The van der Waals surface area contributed by atoms with Crippen molar-refractivity contribution in [3.05, 3.63) is 36.5 Å². The first-order valence-corrected chi connectivity index (χ1v) is 8.97. The van der Waals surface area contributed by atoms with E-state index in [4.69, 9.17) is 15.2 Å². The zero-order valence-electron chi connectivity index (χ0n) is 14.3. The van der Waals surface area contributed by atoms with Gasteiger partial charge in [0.2, 0.25) is 5.91 Å². The minimum Gasteiger partial charge on any atom is -0.493 e. The van der Waals surface area contributed by atoms with Crippen LogP contribution in [0, 0.1) is 0 Å². The molecule has 0 atom stereocenters. The van der Waals surface area contributed by atoms with Crippen LogP contribution in [0.25, 0.3) is 0 Å². The van der Waals surface area contributed by atoms with Crippen LogP contribution in [-0.4, -0.2) is 39.3 Å². The Morgan fingerprint density at radius 2 is 1.85 bits per heavy atom. The lowest BCUT2D eigenvalue weighted by atomic mass is 10.3. The molecule has 0 aliphatic rings. The summed E-state index contributed by atoms with van der Waals surface area (Å²) in [5, 5.41) is 2.57. The van der Waals surface area contributed by atoms with E-state index in [1.165, 1.54) is 44.7 Å². The van der Waals surface area contributed by atoms with E-state index in [2.05, 4.69) is 10.3 Å². The number of amides is 1. The fourth-order valence-electron chi connectivity index (χ4n) is 2.06. The summed E-state index contributed by atoms with van der Waals surface area (Å²) in [5.41, 5.74) is 5.91. The topological polar surface area (TPSA) is 121 Å². The number of aromatic nitrogens is 1. The third-order valence-electron chi connectivity index (χ3n) is 3.38. The summed E-state index contributed by atoms with van der Waals surface area (Å²) in [6.45, 7) is 0. The van der Waals surface area contributed by atoms with Gasteiger partial charge in [0.25, 0.3) is 0 Å². The van der Waals surface area contributed by atoms with Gasteiger partial charge in [0.05, 0.1) is 36.8 Å². The number of hydrogen-bond acceptors (Lipinski definition) is 7. The minimum atomic E-state index is -3.64. The van der Waals surface area contributed by atoms with Crippen LogP contribution in [0.2, 0.25) is 0 Å². The number of nitrogens with two attached hydrogens (primary N) is 1. The van der Waals surface area contributed by atoms with Crippen LogP contribution >= 0.6 is 12.4 Å². The number of carbonyl (C=O) groups excluding carboxylic acids is 1. The Labute approximate surface area is 158 Å². The first-order valence-electron chi connectivity index (χ1n) is 7.32. The molecule has 2 rings (SSSR count). The van der Waals surface area contributed by atoms with Crippen molar-refractivity contribution < 1.29 is 22.7 Å². The van der Waals surface area contributed by atoms with E-state index in [9.17, 15) is 13.2 Å². The molecule has 26 heavy (non-hydrogen) atoms. The van der Waals surface area contributed by atoms with Gasteiger partial charge < -0.3 is 20.5 Å². The van der Waals surface area contributed by atoms with Crippen LogP contribution in [-0.2, 0) is 14.6 Å². The largest absolute Gasteiger partial charge is 0.493 e. The summed E-state index contributed by atoms with van der Waals surface area (Å²) in [6, 6.07) is 7.42. The van der Waals surface area contributed by atoms with E-state index in [1.54, 1.807) is 6.07 Å². The number of methoxy groups -OCH3 is 2. The second-order valence-corrected chi connectivity index (χ2v) is 7.21. The molecule has 1 amide bonds. The molecule has 8 nitrogen and oxygen atoms in total. The zero-order valence-corrected chi connectivity index (χ0v) is 15.9. The molecule has 3 N–H and O–H groups in total. The first kappa shape index (κ1) is 21.5. The highest BCUT2D eigenvalue weighted by atomic mass is 35.5. The number of pyridine rings is 1. The SMILES string of the molecule is COc1ccc(S(=O)(=O)CCC(=O)Nc2ccc(N)nc2)cc1OC.Cl. The molecule has 1 aromatic heterocycles. The summed E-state index contributed by atoms with van der Waals surface area (Å²) in [7, 11) is -0.764. The van der Waals surface area contributed by atoms with Crippen molar-refractivity contribution >= 4 is 39.7 Å². The van der Waals surface area contributed by atoms with Crippen molar-refractivity contribution in [3.8, 4) is 11.5 Å². The van der Waals surface area contributed by atoms with Crippen LogP contribution in [0.4, 0.5) is 11.5 Å². The van der Waals surface area contributed by atoms with E-state index in [-0.39, 0.29) is 29.5 Å². The average Bonchev–Trinajstić information content (AvgIpc) is 2.61. The van der Waals surface area contributed by atoms with Crippen LogP contribution in [0.3, 0.4) is 0 Å². The van der Waals surface area contributed by atoms with Gasteiger partial charge in [0.15, 0.2) is 21.3 Å². The normalized spacial score (nSPS) is 10.5. The quantitative estimate of drug-likeness (QED) is 0.726. The monoisotopic (exact) mass is 401 g/mol. The average molecular weight is 402 g/mol. The van der Waals surface area contributed by atoms with Crippen molar-refractivity contribution in [3.63, 3.8) is 0 Å². The molecular weight excluding hydrogens is 382 g/mol. The Bertz CT molecular complexity index is 857. The second kappa shape index (κ2) is 9.25. The smallest absolute Gasteiger partial charge is 0.225 e. The van der Waals surface area contributed by atoms with Crippen molar-refractivity contribution in [1.29, 1.82) is 0 Å². The highest BCUT2D eigenvalue weighted by Gasteiger charge is 2.19. The van der Waals surface area contributed by atoms with Crippen molar-refractivity contribution in [2.45, 2.75) is 11.3 Å². The number of carbonyl (C=O) groups is 1. The first-order chi connectivity index (χ1) is 11.9. The third kappa shape index (κ3) is 5.50. The lowest BCUT2D eigenvalue weighted by Crippen LogP contribution is -2.17. The second-order valence-electron chi connectivity index (χ2n) is 5.11. The summed E-state index contributed by atoms with van der Waals surface area (Å²) >= 11 is 0. The maximum Gasteiger partial charge on any atom is 0.225 e. The Morgan fingerprint density at radius 1 is 1.15 bits per heavy atom. The van der Waals surface area contributed by atoms with Crippen LogP contribution in [0.15, 0.2) is 41.4 Å². The molecule has 0 saturated heterocycles. The van der Waals surface area contributed by atoms with Gasteiger partial charge in [-0.3, -0.25) is 4.79 Å². The van der Waals surface area contributed by atoms with E-state index >= 15 is 0 Å². The van der Waals surface area contributed by atoms with E-state index in [0.29, 0.717) is 23.0 Å². The fraction of sp³-hybridized carbons (Fsp3) is 0.250. The van der Waals surface area contributed by atoms with Crippen LogP contribution < -0.4 is 20.5 Å². The highest BCUT2D eigenvalue weighted by molar-refractivity contribution is 7.91. The van der Waals surface area contributed by atoms with Crippen molar-refractivity contribution in [1.82, 2.24) is 4.98 Å². The van der Waals surface area contributed by atoms with Gasteiger partial charge in [0, 0.05) is 12.5 Å². The molecule has 1 heterocycles. The predicted molar refractivity (Wildman–Crippen MR) is 101 cm³/mol. The Balaban J connectivity index is 0.00000338. The Kier molecular flexibility index (Phi) is 7.66. The number of rotatable bonds is 7. The molecule has 0 aliphatic heterocycles. The van der Waals surface area contributed by atoms with E-state index in [1.807, 2.05) is 0 Å². The maximum atomic E-state index is 12.4. The third-order valence-corrected chi connectivity index (χ3v) is 5.10. The molecule has 10 heteroatoms. The van der Waals surface area contributed by atoms with Crippen LogP contribution in [0.5, 0.6) is 11.5 Å². The molecule has 0 unspecified atom stereocenters. The lowest BCUT2D eigenvalue weighted by molar-refractivity contribution is -0.115. The number of anilines is 2. The van der Waals surface area contributed by atoms with Gasteiger partial charge in [-0.2, -0.15) is 0 Å². The number of ether oxygens (including phenoxy) is 2. The maximum absolute atomic E-state index is 12.4. The number of halogens is 1. The number of nitrogens with one attached hydrogen (secondary N) is 1. The molecule has 0 aliphatic carbocycles. The molecule has 0 fully saturated rings. The number of sulfone groups is 1. The van der Waals surface area contributed by atoms with Crippen molar-refractivity contribution in [2.75, 3.05) is 31.0 Å². The number of benzene rings is 1. The van der Waals surface area contributed by atoms with Gasteiger partial charge >= 0.3 is 0 Å². The van der Waals surface area contributed by atoms with E-state index < -0.39 is 15.7 Å². The highest BCUT2D eigenvalue weighted by Crippen LogP contribution is 2.29. The van der Waals surface area contributed by atoms with Gasteiger partial charge in [-0.05, 0) is 24.3 Å². The molecule has 0 saturated carbocycles.